The Morgan fingerprint density at radius 1 is 1.29 bits per heavy atom. The Hall–Kier alpha value is -1.61. The van der Waals surface area contributed by atoms with Crippen LogP contribution in [0.3, 0.4) is 0 Å². The van der Waals surface area contributed by atoms with Gasteiger partial charge in [0.15, 0.2) is 0 Å². The molecule has 2 atom stereocenters. The van der Waals surface area contributed by atoms with Gasteiger partial charge >= 0.3 is 12.3 Å². The minimum absolute atomic E-state index is 0.0900. The number of hydrogen-bond donors (Lipinski definition) is 1. The molecule has 0 aliphatic carbocycles. The van der Waals surface area contributed by atoms with Crippen molar-refractivity contribution in [2.45, 2.75) is 38.9 Å². The number of benzene rings is 1. The fourth-order valence-corrected chi connectivity index (χ4v) is 3.91. The van der Waals surface area contributed by atoms with Crippen LogP contribution >= 0.6 is 0 Å². The van der Waals surface area contributed by atoms with E-state index in [4.69, 9.17) is 4.18 Å². The van der Waals surface area contributed by atoms with Crippen LogP contribution < -0.4 is 0 Å². The van der Waals surface area contributed by atoms with E-state index in [1.54, 1.807) is 20.8 Å². The first kappa shape index (κ1) is 18.7. The number of hydrogen-bond acceptors (Lipinski definition) is 3. The SMILES string of the molecule is CC(C)(C)[C@@]1(Cc2ccc(C(F)(F)F)cc2)CO[S@](=O)N1C(=O)O. The van der Waals surface area contributed by atoms with Crippen LogP contribution in [0, 0.1) is 5.41 Å². The molecule has 24 heavy (non-hydrogen) atoms. The van der Waals surface area contributed by atoms with Crippen LogP contribution in [0.25, 0.3) is 0 Å². The zero-order chi connectivity index (χ0) is 18.3. The summed E-state index contributed by atoms with van der Waals surface area (Å²) in [5.74, 6) is 0. The second kappa shape index (κ2) is 6.03. The molecular weight excluding hydrogens is 347 g/mol. The van der Waals surface area contributed by atoms with Crippen molar-refractivity contribution in [3.8, 4) is 0 Å². The van der Waals surface area contributed by atoms with E-state index >= 15 is 0 Å². The van der Waals surface area contributed by atoms with Crippen LogP contribution in [-0.4, -0.2) is 31.9 Å². The van der Waals surface area contributed by atoms with Gasteiger partial charge in [-0.1, -0.05) is 32.9 Å². The van der Waals surface area contributed by atoms with E-state index in [-0.39, 0.29) is 13.0 Å². The van der Waals surface area contributed by atoms with Crippen LogP contribution in [0.15, 0.2) is 24.3 Å². The predicted octanol–water partition coefficient (Wildman–Crippen LogP) is 3.62. The van der Waals surface area contributed by atoms with E-state index in [1.165, 1.54) is 12.1 Å². The molecular formula is C15H18F3NO4S. The number of rotatable bonds is 2. The number of alkyl halides is 3. The largest absolute Gasteiger partial charge is 0.464 e. The monoisotopic (exact) mass is 365 g/mol. The van der Waals surface area contributed by atoms with Gasteiger partial charge in [0, 0.05) is 0 Å². The first-order valence-electron chi connectivity index (χ1n) is 7.13. The van der Waals surface area contributed by atoms with E-state index in [2.05, 4.69) is 0 Å². The molecule has 1 amide bonds. The third-order valence-electron chi connectivity index (χ3n) is 4.28. The van der Waals surface area contributed by atoms with Crippen molar-refractivity contribution in [3.05, 3.63) is 35.4 Å². The first-order valence-corrected chi connectivity index (χ1v) is 8.16. The Bertz CT molecular complexity index is 654. The maximum atomic E-state index is 12.7. The van der Waals surface area contributed by atoms with E-state index in [0.29, 0.717) is 5.56 Å². The van der Waals surface area contributed by atoms with Gasteiger partial charge in [0.05, 0.1) is 17.7 Å². The molecule has 1 fully saturated rings. The van der Waals surface area contributed by atoms with Crippen molar-refractivity contribution >= 4 is 17.4 Å². The molecule has 0 bridgehead atoms. The van der Waals surface area contributed by atoms with Gasteiger partial charge in [0.25, 0.3) is 11.3 Å². The van der Waals surface area contributed by atoms with Gasteiger partial charge in [0.2, 0.25) is 0 Å². The van der Waals surface area contributed by atoms with Gasteiger partial charge < -0.3 is 5.11 Å². The average molecular weight is 365 g/mol. The van der Waals surface area contributed by atoms with E-state index in [9.17, 15) is 27.3 Å². The van der Waals surface area contributed by atoms with Crippen LogP contribution in [0.1, 0.15) is 31.9 Å². The molecule has 0 radical (unpaired) electrons. The summed E-state index contributed by atoms with van der Waals surface area (Å²) in [6, 6.07) is 4.50. The topological polar surface area (TPSA) is 66.8 Å². The average Bonchev–Trinajstić information content (AvgIpc) is 2.76. The Kier molecular flexibility index (Phi) is 4.71. The summed E-state index contributed by atoms with van der Waals surface area (Å²) >= 11 is -2.14. The molecule has 9 heteroatoms. The quantitative estimate of drug-likeness (QED) is 0.869. The molecule has 1 aromatic carbocycles. The lowest BCUT2D eigenvalue weighted by atomic mass is 9.70. The molecule has 1 saturated heterocycles. The maximum Gasteiger partial charge on any atom is 0.421 e. The highest BCUT2D eigenvalue weighted by atomic mass is 32.2. The summed E-state index contributed by atoms with van der Waals surface area (Å²) in [4.78, 5) is 11.6. The molecule has 1 heterocycles. The Morgan fingerprint density at radius 2 is 1.83 bits per heavy atom. The lowest BCUT2D eigenvalue weighted by molar-refractivity contribution is -0.137. The van der Waals surface area contributed by atoms with Gasteiger partial charge in [-0.2, -0.15) is 17.5 Å². The third kappa shape index (κ3) is 3.27. The fourth-order valence-electron chi connectivity index (χ4n) is 2.71. The lowest BCUT2D eigenvalue weighted by Crippen LogP contribution is -2.58. The summed E-state index contributed by atoms with van der Waals surface area (Å²) < 4.78 is 55.7. The minimum atomic E-state index is -4.44. The van der Waals surface area contributed by atoms with E-state index in [1.807, 2.05) is 0 Å². The van der Waals surface area contributed by atoms with E-state index in [0.717, 1.165) is 16.4 Å². The number of amides is 1. The van der Waals surface area contributed by atoms with Crippen LogP contribution in [0.5, 0.6) is 0 Å². The molecule has 1 aliphatic rings. The summed E-state index contributed by atoms with van der Waals surface area (Å²) in [5.41, 5.74) is -2.08. The fraction of sp³-hybridized carbons (Fsp3) is 0.533. The zero-order valence-electron chi connectivity index (χ0n) is 13.4. The molecule has 0 spiro atoms. The van der Waals surface area contributed by atoms with Crippen LogP contribution in [0.4, 0.5) is 18.0 Å². The standard InChI is InChI=1S/C15H18F3NO4S/c1-13(2,3)14(9-23-24(22)19(14)12(20)21)8-10-4-6-11(7-5-10)15(16,17)18/h4-7H,8-9H2,1-3H3,(H,20,21)/t14-,24+/m1/s1. The summed E-state index contributed by atoms with van der Waals surface area (Å²) in [6.45, 7) is 5.23. The smallest absolute Gasteiger partial charge is 0.421 e. The maximum absolute atomic E-state index is 12.7. The van der Waals surface area contributed by atoms with Gasteiger partial charge in [-0.25, -0.2) is 9.00 Å². The van der Waals surface area contributed by atoms with Crippen molar-refractivity contribution in [2.24, 2.45) is 5.41 Å². The normalized spacial score (nSPS) is 25.1. The van der Waals surface area contributed by atoms with Crippen molar-refractivity contribution in [2.75, 3.05) is 6.61 Å². The molecule has 1 aromatic rings. The molecule has 1 aliphatic heterocycles. The molecule has 5 nitrogen and oxygen atoms in total. The Balaban J connectivity index is 2.41. The van der Waals surface area contributed by atoms with E-state index < -0.39 is 40.1 Å². The number of nitrogens with zero attached hydrogens (tertiary/aromatic N) is 1. The van der Waals surface area contributed by atoms with Gasteiger partial charge in [0.1, 0.15) is 0 Å². The highest BCUT2D eigenvalue weighted by molar-refractivity contribution is 7.78. The molecule has 1 N–H and O–H groups in total. The van der Waals surface area contributed by atoms with Gasteiger partial charge in [-0.3, -0.25) is 4.18 Å². The van der Waals surface area contributed by atoms with Crippen molar-refractivity contribution in [1.82, 2.24) is 4.31 Å². The second-order valence-electron chi connectivity index (χ2n) is 6.71. The Labute approximate surface area is 140 Å². The van der Waals surface area contributed by atoms with Crippen molar-refractivity contribution in [3.63, 3.8) is 0 Å². The number of carboxylic acid groups (broad SMARTS) is 1. The van der Waals surface area contributed by atoms with Gasteiger partial charge in [-0.15, -0.1) is 0 Å². The zero-order valence-corrected chi connectivity index (χ0v) is 14.2. The van der Waals surface area contributed by atoms with Crippen LogP contribution in [0.2, 0.25) is 0 Å². The lowest BCUT2D eigenvalue weighted by Gasteiger charge is -2.44. The minimum Gasteiger partial charge on any atom is -0.464 e. The summed E-state index contributed by atoms with van der Waals surface area (Å²) in [6.07, 6.45) is -5.74. The third-order valence-corrected chi connectivity index (χ3v) is 5.41. The Morgan fingerprint density at radius 3 is 2.25 bits per heavy atom. The molecule has 0 saturated carbocycles. The highest BCUT2D eigenvalue weighted by Crippen LogP contribution is 2.44. The van der Waals surface area contributed by atoms with Gasteiger partial charge in [-0.05, 0) is 29.5 Å². The molecule has 0 unspecified atom stereocenters. The predicted molar refractivity (Wildman–Crippen MR) is 81.3 cm³/mol. The molecule has 134 valence electrons. The molecule has 2 rings (SSSR count). The number of carbonyl (C=O) groups is 1. The first-order chi connectivity index (χ1) is 10.9. The second-order valence-corrected chi connectivity index (χ2v) is 7.74. The molecule has 0 aromatic heterocycles. The van der Waals surface area contributed by atoms with Crippen LogP contribution in [-0.2, 0) is 28.0 Å². The van der Waals surface area contributed by atoms with Crippen molar-refractivity contribution in [1.29, 1.82) is 0 Å². The number of halogens is 3. The highest BCUT2D eigenvalue weighted by Gasteiger charge is 2.57. The summed E-state index contributed by atoms with van der Waals surface area (Å²) in [5, 5.41) is 9.42. The van der Waals surface area contributed by atoms with Crippen molar-refractivity contribution < 1.29 is 31.5 Å². The summed E-state index contributed by atoms with van der Waals surface area (Å²) in [7, 11) is 0.